The lowest BCUT2D eigenvalue weighted by Crippen LogP contribution is -2.28. The fourth-order valence-electron chi connectivity index (χ4n) is 1.86. The Morgan fingerprint density at radius 3 is 2.55 bits per heavy atom. The number of carboxylic acid groups (broad SMARTS) is 1. The quantitative estimate of drug-likeness (QED) is 0.892. The fraction of sp³-hybridized carbons (Fsp3) is 0.385. The highest BCUT2D eigenvalue weighted by Gasteiger charge is 2.28. The van der Waals surface area contributed by atoms with E-state index in [9.17, 15) is 13.2 Å². The van der Waals surface area contributed by atoms with Crippen LogP contribution < -0.4 is 0 Å². The number of carboxylic acids is 1. The van der Waals surface area contributed by atoms with Crippen LogP contribution in [0.2, 0.25) is 0 Å². The topological polar surface area (TPSA) is 100 Å². The van der Waals surface area contributed by atoms with E-state index in [1.54, 1.807) is 0 Å². The number of aliphatic carboxylic acids is 1. The van der Waals surface area contributed by atoms with E-state index in [1.165, 1.54) is 0 Å². The molecule has 1 heterocycles. The molecule has 2 N–H and O–H groups in total. The minimum atomic E-state index is -3.77. The van der Waals surface area contributed by atoms with Crippen LogP contribution in [0.4, 0.5) is 0 Å². The lowest BCUT2D eigenvalue weighted by atomic mass is 10.1. The smallest absolute Gasteiger partial charge is 0.321 e. The third kappa shape index (κ3) is 2.67. The molecule has 2 rings (SSSR count). The number of H-pyrrole nitrogens is 1. The summed E-state index contributed by atoms with van der Waals surface area (Å²) in [6.07, 6.45) is 0. The molecule has 6 nitrogen and oxygen atoms in total. The number of nitrogens with zero attached hydrogens (tertiary/aromatic N) is 1. The van der Waals surface area contributed by atoms with E-state index in [0.29, 0.717) is 5.52 Å². The standard InChI is InChI=1S/C13H16N2O4S/c1-7-4-10-11(5-8(7)2)15-12(14-10)6-20(18,19)9(3)13(16)17/h4-5,9H,6H2,1-3H3,(H,14,15)(H,16,17). The van der Waals surface area contributed by atoms with Crippen molar-refractivity contribution in [2.75, 3.05) is 0 Å². The summed E-state index contributed by atoms with van der Waals surface area (Å²) in [5.74, 6) is -1.50. The molecule has 20 heavy (non-hydrogen) atoms. The molecule has 0 fully saturated rings. The molecule has 108 valence electrons. The second kappa shape index (κ2) is 4.90. The molecule has 0 amide bonds. The second-order valence-electron chi connectivity index (χ2n) is 4.92. The number of aromatic amines is 1. The summed E-state index contributed by atoms with van der Waals surface area (Å²) in [7, 11) is -3.77. The van der Waals surface area contributed by atoms with Gasteiger partial charge in [-0.1, -0.05) is 0 Å². The van der Waals surface area contributed by atoms with E-state index in [4.69, 9.17) is 5.11 Å². The number of rotatable bonds is 4. The minimum absolute atomic E-state index is 0.262. The minimum Gasteiger partial charge on any atom is -0.480 e. The van der Waals surface area contributed by atoms with E-state index < -0.39 is 26.8 Å². The van der Waals surface area contributed by atoms with Gasteiger partial charge in [-0.2, -0.15) is 0 Å². The van der Waals surface area contributed by atoms with Crippen LogP contribution in [0.1, 0.15) is 23.9 Å². The second-order valence-corrected chi connectivity index (χ2v) is 7.25. The van der Waals surface area contributed by atoms with Crippen molar-refractivity contribution in [3.63, 3.8) is 0 Å². The van der Waals surface area contributed by atoms with Gasteiger partial charge in [-0.25, -0.2) is 13.4 Å². The number of hydrogen-bond donors (Lipinski definition) is 2. The summed E-state index contributed by atoms with van der Waals surface area (Å²) in [5, 5.41) is 7.35. The molecule has 7 heteroatoms. The van der Waals surface area contributed by atoms with Gasteiger partial charge >= 0.3 is 5.97 Å². The number of benzene rings is 1. The maximum absolute atomic E-state index is 11.9. The number of aromatic nitrogens is 2. The molecule has 0 aliphatic rings. The summed E-state index contributed by atoms with van der Waals surface area (Å²) in [6.45, 7) is 5.07. The Labute approximate surface area is 116 Å². The van der Waals surface area contributed by atoms with Gasteiger partial charge in [0.2, 0.25) is 0 Å². The van der Waals surface area contributed by atoms with Gasteiger partial charge in [0.05, 0.1) is 11.0 Å². The third-order valence-electron chi connectivity index (χ3n) is 3.37. The Kier molecular flexibility index (Phi) is 3.56. The molecular formula is C13H16N2O4S. The number of nitrogens with one attached hydrogen (secondary N) is 1. The summed E-state index contributed by atoms with van der Waals surface area (Å²) in [5.41, 5.74) is 3.58. The van der Waals surface area contributed by atoms with Crippen LogP contribution >= 0.6 is 0 Å². The van der Waals surface area contributed by atoms with Gasteiger partial charge in [-0.05, 0) is 44.0 Å². The molecule has 1 aromatic carbocycles. The first-order valence-electron chi connectivity index (χ1n) is 6.11. The van der Waals surface area contributed by atoms with Crippen LogP contribution in [0.15, 0.2) is 12.1 Å². The van der Waals surface area contributed by atoms with E-state index in [-0.39, 0.29) is 5.82 Å². The predicted octanol–water partition coefficient (Wildman–Crippen LogP) is 1.57. The van der Waals surface area contributed by atoms with Crippen molar-refractivity contribution in [2.24, 2.45) is 0 Å². The summed E-state index contributed by atoms with van der Waals surface area (Å²) in [6, 6.07) is 3.77. The van der Waals surface area contributed by atoms with Gasteiger partial charge in [0.15, 0.2) is 15.1 Å². The van der Waals surface area contributed by atoms with Crippen LogP contribution in [0.25, 0.3) is 11.0 Å². The summed E-state index contributed by atoms with van der Waals surface area (Å²) < 4.78 is 23.8. The first-order chi connectivity index (χ1) is 9.20. The van der Waals surface area contributed by atoms with E-state index >= 15 is 0 Å². The predicted molar refractivity (Wildman–Crippen MR) is 75.3 cm³/mol. The Bertz CT molecular complexity index is 738. The highest BCUT2D eigenvalue weighted by Crippen LogP contribution is 2.19. The maximum atomic E-state index is 11.9. The molecule has 0 radical (unpaired) electrons. The molecular weight excluding hydrogens is 280 g/mol. The largest absolute Gasteiger partial charge is 0.480 e. The molecule has 0 saturated heterocycles. The lowest BCUT2D eigenvalue weighted by Gasteiger charge is -2.06. The Morgan fingerprint density at radius 1 is 1.35 bits per heavy atom. The number of carbonyl (C=O) groups is 1. The Hall–Kier alpha value is -1.89. The van der Waals surface area contributed by atoms with Gasteiger partial charge in [0, 0.05) is 0 Å². The van der Waals surface area contributed by atoms with Gasteiger partial charge in [-0.15, -0.1) is 0 Å². The molecule has 0 saturated carbocycles. The van der Waals surface area contributed by atoms with Crippen molar-refractivity contribution >= 4 is 26.8 Å². The Morgan fingerprint density at radius 2 is 1.95 bits per heavy atom. The average molecular weight is 296 g/mol. The number of aryl methyl sites for hydroxylation is 2. The van der Waals surface area contributed by atoms with Crippen LogP contribution in [-0.2, 0) is 20.4 Å². The van der Waals surface area contributed by atoms with E-state index in [1.807, 2.05) is 26.0 Å². The molecule has 1 unspecified atom stereocenters. The zero-order valence-corrected chi connectivity index (χ0v) is 12.3. The molecule has 2 aromatic rings. The molecule has 0 aliphatic heterocycles. The zero-order chi connectivity index (χ0) is 15.1. The number of hydrogen-bond acceptors (Lipinski definition) is 4. The normalized spacial score (nSPS) is 13.6. The third-order valence-corrected chi connectivity index (χ3v) is 5.33. The average Bonchev–Trinajstić information content (AvgIpc) is 2.69. The van der Waals surface area contributed by atoms with Crippen LogP contribution in [0, 0.1) is 13.8 Å². The van der Waals surface area contributed by atoms with Crippen molar-refractivity contribution in [3.05, 3.63) is 29.1 Å². The molecule has 1 atom stereocenters. The van der Waals surface area contributed by atoms with Crippen molar-refractivity contribution < 1.29 is 18.3 Å². The highest BCUT2D eigenvalue weighted by atomic mass is 32.2. The molecule has 1 aromatic heterocycles. The van der Waals surface area contributed by atoms with Gasteiger partial charge in [-0.3, -0.25) is 4.79 Å². The SMILES string of the molecule is Cc1cc2nc(CS(=O)(=O)C(C)C(=O)O)[nH]c2cc1C. The summed E-state index contributed by atoms with van der Waals surface area (Å²) >= 11 is 0. The van der Waals surface area contributed by atoms with Gasteiger partial charge in [0.1, 0.15) is 11.6 Å². The van der Waals surface area contributed by atoms with E-state index in [0.717, 1.165) is 23.6 Å². The Balaban J connectivity index is 2.38. The number of imidazole rings is 1. The van der Waals surface area contributed by atoms with Gasteiger partial charge < -0.3 is 10.1 Å². The molecule has 0 bridgehead atoms. The van der Waals surface area contributed by atoms with Crippen molar-refractivity contribution in [3.8, 4) is 0 Å². The zero-order valence-electron chi connectivity index (χ0n) is 11.5. The van der Waals surface area contributed by atoms with Crippen LogP contribution in [0.5, 0.6) is 0 Å². The number of fused-ring (bicyclic) bond motifs is 1. The fourth-order valence-corrected chi connectivity index (χ4v) is 2.93. The van der Waals surface area contributed by atoms with E-state index in [2.05, 4.69) is 9.97 Å². The van der Waals surface area contributed by atoms with Crippen molar-refractivity contribution in [2.45, 2.75) is 31.8 Å². The monoisotopic (exact) mass is 296 g/mol. The lowest BCUT2D eigenvalue weighted by molar-refractivity contribution is -0.136. The summed E-state index contributed by atoms with van der Waals surface area (Å²) in [4.78, 5) is 17.9. The van der Waals surface area contributed by atoms with Crippen molar-refractivity contribution in [1.29, 1.82) is 0 Å². The van der Waals surface area contributed by atoms with Crippen LogP contribution in [0.3, 0.4) is 0 Å². The maximum Gasteiger partial charge on any atom is 0.321 e. The van der Waals surface area contributed by atoms with Gasteiger partial charge in [0.25, 0.3) is 0 Å². The highest BCUT2D eigenvalue weighted by molar-refractivity contribution is 7.91. The number of sulfone groups is 1. The van der Waals surface area contributed by atoms with Crippen molar-refractivity contribution in [1.82, 2.24) is 9.97 Å². The molecule has 0 spiro atoms. The molecule has 0 aliphatic carbocycles. The van der Waals surface area contributed by atoms with Crippen LogP contribution in [-0.4, -0.2) is 34.7 Å². The first kappa shape index (κ1) is 14.5. The first-order valence-corrected chi connectivity index (χ1v) is 7.82.